The van der Waals surface area contributed by atoms with Gasteiger partial charge in [0.25, 0.3) is 0 Å². The summed E-state index contributed by atoms with van der Waals surface area (Å²) in [5, 5.41) is 5.72. The minimum Gasteiger partial charge on any atom is -0.490 e. The molecular weight excluding hydrogens is 406 g/mol. The average molecular weight is 440 g/mol. The maximum absolute atomic E-state index is 12.5. The molecule has 7 nitrogen and oxygen atoms in total. The fraction of sp³-hybridized carbons (Fsp3) is 0.440. The minimum atomic E-state index is -0.518. The predicted molar refractivity (Wildman–Crippen MR) is 123 cm³/mol. The molecule has 1 aliphatic heterocycles. The Morgan fingerprint density at radius 2 is 1.47 bits per heavy atom. The van der Waals surface area contributed by atoms with Crippen molar-refractivity contribution >= 4 is 12.1 Å². The third kappa shape index (κ3) is 7.80. The zero-order valence-electron chi connectivity index (χ0n) is 19.1. The number of ether oxygens (including phenoxy) is 2. The van der Waals surface area contributed by atoms with Crippen LogP contribution in [0.25, 0.3) is 0 Å². The smallest absolute Gasteiger partial charge is 0.407 e. The highest BCUT2D eigenvalue weighted by atomic mass is 16.6. The summed E-state index contributed by atoms with van der Waals surface area (Å²) in [6.45, 7) is 7.70. The highest BCUT2D eigenvalue weighted by molar-refractivity contribution is 5.74. The molecule has 172 valence electrons. The van der Waals surface area contributed by atoms with Crippen molar-refractivity contribution in [2.75, 3.05) is 13.1 Å². The third-order valence-electron chi connectivity index (χ3n) is 5.08. The van der Waals surface area contributed by atoms with E-state index in [1.807, 2.05) is 80.3 Å². The van der Waals surface area contributed by atoms with E-state index in [9.17, 15) is 9.59 Å². The molecule has 32 heavy (non-hydrogen) atoms. The van der Waals surface area contributed by atoms with Crippen molar-refractivity contribution in [1.82, 2.24) is 15.5 Å². The monoisotopic (exact) mass is 439 g/mol. The van der Waals surface area contributed by atoms with Gasteiger partial charge in [0.05, 0.1) is 0 Å². The summed E-state index contributed by atoms with van der Waals surface area (Å²) in [6.07, 6.45) is 1.35. The van der Waals surface area contributed by atoms with Crippen LogP contribution in [0.5, 0.6) is 5.75 Å². The van der Waals surface area contributed by atoms with Gasteiger partial charge in [-0.3, -0.25) is 0 Å². The van der Waals surface area contributed by atoms with Gasteiger partial charge in [0.1, 0.15) is 17.5 Å². The number of para-hydroxylation sites is 1. The van der Waals surface area contributed by atoms with Gasteiger partial charge in [0.15, 0.2) is 0 Å². The van der Waals surface area contributed by atoms with Gasteiger partial charge in [-0.15, -0.1) is 0 Å². The maximum Gasteiger partial charge on any atom is 0.407 e. The summed E-state index contributed by atoms with van der Waals surface area (Å²) in [5.41, 5.74) is 1.45. The van der Waals surface area contributed by atoms with Crippen LogP contribution in [0.1, 0.15) is 44.7 Å². The van der Waals surface area contributed by atoms with Gasteiger partial charge in [-0.2, -0.15) is 0 Å². The fourth-order valence-corrected chi connectivity index (χ4v) is 3.42. The Bertz CT molecular complexity index is 870. The number of nitrogens with zero attached hydrogens (tertiary/aromatic N) is 1. The SMILES string of the molecule is CC(C)(C)OC(=O)NCc1ccc(CNC(=O)N2CCC(Oc3ccccc3)CC2)cc1. The number of amides is 3. The van der Waals surface area contributed by atoms with Crippen molar-refractivity contribution in [2.45, 2.75) is 58.4 Å². The topological polar surface area (TPSA) is 79.9 Å². The van der Waals surface area contributed by atoms with Crippen LogP contribution < -0.4 is 15.4 Å². The second-order valence-corrected chi connectivity index (χ2v) is 8.95. The molecule has 0 atom stereocenters. The van der Waals surface area contributed by atoms with Crippen molar-refractivity contribution in [3.8, 4) is 5.75 Å². The molecule has 0 saturated carbocycles. The molecule has 7 heteroatoms. The van der Waals surface area contributed by atoms with Gasteiger partial charge < -0.3 is 25.0 Å². The van der Waals surface area contributed by atoms with Crippen LogP contribution in [0.15, 0.2) is 54.6 Å². The van der Waals surface area contributed by atoms with E-state index in [1.54, 1.807) is 0 Å². The highest BCUT2D eigenvalue weighted by Gasteiger charge is 2.23. The molecule has 1 heterocycles. The standard InChI is InChI=1S/C25H33N3O4/c1-25(2,3)32-24(30)27-18-20-11-9-19(10-12-20)17-26-23(29)28-15-13-22(14-16-28)31-21-7-5-4-6-8-21/h4-12,22H,13-18H2,1-3H3,(H,26,29)(H,27,30). The Balaban J connectivity index is 1.36. The molecule has 2 aromatic rings. The molecular formula is C25H33N3O4. The first-order chi connectivity index (χ1) is 15.3. The Morgan fingerprint density at radius 1 is 0.906 bits per heavy atom. The number of carbonyl (C=O) groups is 2. The molecule has 0 spiro atoms. The maximum atomic E-state index is 12.5. The van der Waals surface area contributed by atoms with Crippen LogP contribution in [-0.4, -0.2) is 41.8 Å². The molecule has 0 bridgehead atoms. The van der Waals surface area contributed by atoms with Gasteiger partial charge in [0, 0.05) is 39.0 Å². The lowest BCUT2D eigenvalue weighted by Crippen LogP contribution is -2.46. The van der Waals surface area contributed by atoms with Crippen LogP contribution >= 0.6 is 0 Å². The van der Waals surface area contributed by atoms with Gasteiger partial charge >= 0.3 is 12.1 Å². The minimum absolute atomic E-state index is 0.0566. The third-order valence-corrected chi connectivity index (χ3v) is 5.08. The van der Waals surface area contributed by atoms with Gasteiger partial charge in [-0.05, 0) is 44.0 Å². The number of urea groups is 1. The number of rotatable bonds is 6. The Hall–Kier alpha value is -3.22. The van der Waals surface area contributed by atoms with Crippen molar-refractivity contribution in [3.05, 3.63) is 65.7 Å². The van der Waals surface area contributed by atoms with Crippen molar-refractivity contribution in [3.63, 3.8) is 0 Å². The first kappa shape index (κ1) is 23.4. The Morgan fingerprint density at radius 3 is 2.03 bits per heavy atom. The van der Waals surface area contributed by atoms with Crippen molar-refractivity contribution in [1.29, 1.82) is 0 Å². The van der Waals surface area contributed by atoms with Gasteiger partial charge in [-0.25, -0.2) is 9.59 Å². The number of hydrogen-bond acceptors (Lipinski definition) is 4. The molecule has 0 radical (unpaired) electrons. The van der Waals surface area contributed by atoms with E-state index in [0.29, 0.717) is 26.2 Å². The fourth-order valence-electron chi connectivity index (χ4n) is 3.42. The molecule has 2 aromatic carbocycles. The van der Waals surface area contributed by atoms with E-state index in [2.05, 4.69) is 10.6 Å². The molecule has 1 aliphatic rings. The normalized spacial score (nSPS) is 14.5. The van der Waals surface area contributed by atoms with Crippen molar-refractivity contribution < 1.29 is 19.1 Å². The molecule has 0 aromatic heterocycles. The first-order valence-electron chi connectivity index (χ1n) is 11.1. The molecule has 1 fully saturated rings. The molecule has 2 N–H and O–H groups in total. The van der Waals surface area contributed by atoms with Crippen molar-refractivity contribution in [2.24, 2.45) is 0 Å². The van der Waals surface area contributed by atoms with Crippen LogP contribution in [0, 0.1) is 0 Å². The van der Waals surface area contributed by atoms with Crippen LogP contribution in [0.2, 0.25) is 0 Å². The van der Waals surface area contributed by atoms with E-state index in [1.165, 1.54) is 0 Å². The number of nitrogens with one attached hydrogen (secondary N) is 2. The highest BCUT2D eigenvalue weighted by Crippen LogP contribution is 2.18. The summed E-state index contributed by atoms with van der Waals surface area (Å²) in [5.74, 6) is 0.875. The lowest BCUT2D eigenvalue weighted by atomic mass is 10.1. The lowest BCUT2D eigenvalue weighted by Gasteiger charge is -2.32. The summed E-state index contributed by atoms with van der Waals surface area (Å²) in [4.78, 5) is 26.1. The molecule has 1 saturated heterocycles. The Kier molecular flexibility index (Phi) is 7.98. The average Bonchev–Trinajstić information content (AvgIpc) is 2.77. The second-order valence-electron chi connectivity index (χ2n) is 8.95. The van der Waals surface area contributed by atoms with Crippen LogP contribution in [0.4, 0.5) is 9.59 Å². The van der Waals surface area contributed by atoms with E-state index >= 15 is 0 Å². The van der Waals surface area contributed by atoms with E-state index < -0.39 is 11.7 Å². The summed E-state index contributed by atoms with van der Waals surface area (Å²) in [6, 6.07) is 17.5. The first-order valence-corrected chi connectivity index (χ1v) is 11.1. The van der Waals surface area contributed by atoms with E-state index in [-0.39, 0.29) is 12.1 Å². The van der Waals surface area contributed by atoms with E-state index in [4.69, 9.17) is 9.47 Å². The molecule has 3 rings (SSSR count). The van der Waals surface area contributed by atoms with Crippen LogP contribution in [0.3, 0.4) is 0 Å². The van der Waals surface area contributed by atoms with Gasteiger partial charge in [-0.1, -0.05) is 42.5 Å². The predicted octanol–water partition coefficient (Wildman–Crippen LogP) is 4.46. The number of carbonyl (C=O) groups excluding carboxylic acids is 2. The van der Waals surface area contributed by atoms with Crippen LogP contribution in [-0.2, 0) is 17.8 Å². The summed E-state index contributed by atoms with van der Waals surface area (Å²) < 4.78 is 11.2. The number of benzene rings is 2. The number of alkyl carbamates (subject to hydrolysis) is 1. The lowest BCUT2D eigenvalue weighted by molar-refractivity contribution is 0.0523. The summed E-state index contributed by atoms with van der Waals surface area (Å²) in [7, 11) is 0. The number of likely N-dealkylation sites (tertiary alicyclic amines) is 1. The molecule has 3 amide bonds. The Labute approximate surface area is 190 Å². The zero-order valence-corrected chi connectivity index (χ0v) is 19.1. The summed E-state index contributed by atoms with van der Waals surface area (Å²) >= 11 is 0. The quantitative estimate of drug-likeness (QED) is 0.696. The largest absolute Gasteiger partial charge is 0.490 e. The van der Waals surface area contributed by atoms with E-state index in [0.717, 1.165) is 29.7 Å². The molecule has 0 aliphatic carbocycles. The van der Waals surface area contributed by atoms with Gasteiger partial charge in [0.2, 0.25) is 0 Å². The zero-order chi connectivity index (χ0) is 23.0. The molecule has 0 unspecified atom stereocenters. The number of hydrogen-bond donors (Lipinski definition) is 2. The second kappa shape index (κ2) is 10.9. The number of piperidine rings is 1.